The SMILES string of the molecule is Cc1cc(NC(=O)C(C)C(=O)O)cc(Cl)c1Oc1ccc(O)c(S(=O)(=O)C2CCCC2)c1. The molecule has 0 saturated heterocycles. The number of halogens is 1. The highest BCUT2D eigenvalue weighted by molar-refractivity contribution is 7.92. The molecule has 0 bridgehead atoms. The van der Waals surface area contributed by atoms with E-state index in [0.29, 0.717) is 24.1 Å². The number of sulfone groups is 1. The van der Waals surface area contributed by atoms with Crippen LogP contribution in [-0.2, 0) is 19.4 Å². The van der Waals surface area contributed by atoms with Crippen LogP contribution in [0.2, 0.25) is 5.02 Å². The third-order valence-electron chi connectivity index (χ3n) is 5.46. The number of rotatable bonds is 7. The molecule has 3 rings (SSSR count). The highest BCUT2D eigenvalue weighted by Gasteiger charge is 2.32. The van der Waals surface area contributed by atoms with Gasteiger partial charge in [0.15, 0.2) is 9.84 Å². The van der Waals surface area contributed by atoms with Gasteiger partial charge < -0.3 is 20.3 Å². The van der Waals surface area contributed by atoms with Crippen LogP contribution in [0.4, 0.5) is 5.69 Å². The summed E-state index contributed by atoms with van der Waals surface area (Å²) in [7, 11) is -3.70. The third-order valence-corrected chi connectivity index (χ3v) is 8.03. The number of hydrogen-bond donors (Lipinski definition) is 3. The van der Waals surface area contributed by atoms with Gasteiger partial charge >= 0.3 is 5.97 Å². The number of carboxylic acid groups (broad SMARTS) is 1. The van der Waals surface area contributed by atoms with Crippen molar-refractivity contribution in [2.75, 3.05) is 5.32 Å². The Morgan fingerprint density at radius 2 is 1.84 bits per heavy atom. The van der Waals surface area contributed by atoms with Crippen LogP contribution in [0.25, 0.3) is 0 Å². The Balaban J connectivity index is 1.86. The summed E-state index contributed by atoms with van der Waals surface area (Å²) in [5, 5.41) is 21.2. The quantitative estimate of drug-likeness (QED) is 0.495. The first kappa shape index (κ1) is 23.9. The van der Waals surface area contributed by atoms with Crippen LogP contribution in [-0.4, -0.2) is 35.8 Å². The first-order chi connectivity index (χ1) is 15.0. The van der Waals surface area contributed by atoms with Crippen LogP contribution in [0, 0.1) is 12.8 Å². The molecule has 2 aromatic rings. The van der Waals surface area contributed by atoms with Gasteiger partial charge in [-0.25, -0.2) is 8.42 Å². The van der Waals surface area contributed by atoms with Crippen molar-refractivity contribution >= 4 is 39.0 Å². The largest absolute Gasteiger partial charge is 0.507 e. The molecule has 2 aromatic carbocycles. The molecule has 1 amide bonds. The molecular formula is C22H24ClNO7S. The molecule has 10 heteroatoms. The average molecular weight is 482 g/mol. The average Bonchev–Trinajstić information content (AvgIpc) is 3.27. The zero-order valence-corrected chi connectivity index (χ0v) is 19.2. The molecule has 8 nitrogen and oxygen atoms in total. The fourth-order valence-corrected chi connectivity index (χ4v) is 5.84. The number of aromatic hydroxyl groups is 1. The molecular weight excluding hydrogens is 458 g/mol. The molecule has 32 heavy (non-hydrogen) atoms. The van der Waals surface area contributed by atoms with E-state index in [1.165, 1.54) is 31.2 Å². The maximum absolute atomic E-state index is 12.9. The van der Waals surface area contributed by atoms with Gasteiger partial charge in [-0.3, -0.25) is 9.59 Å². The number of amides is 1. The van der Waals surface area contributed by atoms with Crippen molar-refractivity contribution < 1.29 is 33.0 Å². The highest BCUT2D eigenvalue weighted by atomic mass is 35.5. The molecule has 1 unspecified atom stereocenters. The first-order valence-electron chi connectivity index (χ1n) is 10.1. The summed E-state index contributed by atoms with van der Waals surface area (Å²) in [6.45, 7) is 2.94. The maximum atomic E-state index is 12.9. The predicted molar refractivity (Wildman–Crippen MR) is 119 cm³/mol. The van der Waals surface area contributed by atoms with E-state index in [4.69, 9.17) is 21.4 Å². The summed E-state index contributed by atoms with van der Waals surface area (Å²) in [6, 6.07) is 6.95. The summed E-state index contributed by atoms with van der Waals surface area (Å²) < 4.78 is 31.7. The Hall–Kier alpha value is -2.78. The van der Waals surface area contributed by atoms with E-state index in [-0.39, 0.29) is 27.2 Å². The summed E-state index contributed by atoms with van der Waals surface area (Å²) in [4.78, 5) is 22.8. The van der Waals surface area contributed by atoms with Gasteiger partial charge in [-0.1, -0.05) is 24.4 Å². The van der Waals surface area contributed by atoms with E-state index in [1.54, 1.807) is 13.0 Å². The van der Waals surface area contributed by atoms with Gasteiger partial charge in [-0.15, -0.1) is 0 Å². The minimum atomic E-state index is -3.70. The topological polar surface area (TPSA) is 130 Å². The van der Waals surface area contributed by atoms with Gasteiger partial charge in [0.05, 0.1) is 10.3 Å². The zero-order chi connectivity index (χ0) is 23.6. The molecule has 1 fully saturated rings. The second kappa shape index (κ2) is 9.38. The van der Waals surface area contributed by atoms with E-state index in [9.17, 15) is 23.1 Å². The minimum absolute atomic E-state index is 0.136. The number of ether oxygens (including phenoxy) is 1. The summed E-state index contributed by atoms with van der Waals surface area (Å²) in [6.07, 6.45) is 2.80. The van der Waals surface area contributed by atoms with Crippen LogP contribution in [0.3, 0.4) is 0 Å². The number of carbonyl (C=O) groups is 2. The van der Waals surface area contributed by atoms with Gasteiger partial charge in [0.1, 0.15) is 28.1 Å². The van der Waals surface area contributed by atoms with E-state index < -0.39 is 32.9 Å². The Kier molecular flexibility index (Phi) is 7.00. The number of phenolic OH excluding ortho intramolecular Hbond substituents is 1. The van der Waals surface area contributed by atoms with Crippen molar-refractivity contribution in [3.05, 3.63) is 40.9 Å². The molecule has 172 valence electrons. The second-order valence-electron chi connectivity index (χ2n) is 7.84. The summed E-state index contributed by atoms with van der Waals surface area (Å²) in [5.74, 6) is -3.09. The van der Waals surface area contributed by atoms with Crippen molar-refractivity contribution in [3.8, 4) is 17.2 Å². The number of benzene rings is 2. The lowest BCUT2D eigenvalue weighted by Gasteiger charge is -2.16. The van der Waals surface area contributed by atoms with Crippen LogP contribution in [0.15, 0.2) is 35.2 Å². The molecule has 0 aromatic heterocycles. The van der Waals surface area contributed by atoms with E-state index in [1.807, 2.05) is 0 Å². The number of hydrogen-bond acceptors (Lipinski definition) is 6. The van der Waals surface area contributed by atoms with Gasteiger partial charge in [0.2, 0.25) is 5.91 Å². The van der Waals surface area contributed by atoms with Crippen molar-refractivity contribution in [1.29, 1.82) is 0 Å². The van der Waals surface area contributed by atoms with Crippen molar-refractivity contribution in [2.24, 2.45) is 5.92 Å². The highest BCUT2D eigenvalue weighted by Crippen LogP contribution is 2.39. The lowest BCUT2D eigenvalue weighted by atomic mass is 10.1. The van der Waals surface area contributed by atoms with Gasteiger partial charge in [-0.05, 0) is 56.5 Å². The molecule has 1 saturated carbocycles. The number of aryl methyl sites for hydroxylation is 1. The Labute approximate surface area is 191 Å². The standard InChI is InChI=1S/C22H24ClNO7S/c1-12-9-14(24-21(26)13(2)22(27)28)10-17(23)20(12)31-15-7-8-18(25)19(11-15)32(29,30)16-5-3-4-6-16/h7-11,13,16,25H,3-6H2,1-2H3,(H,24,26)(H,27,28). The number of phenols is 1. The molecule has 1 atom stereocenters. The Morgan fingerprint density at radius 1 is 1.19 bits per heavy atom. The number of carbonyl (C=O) groups excluding carboxylic acids is 1. The maximum Gasteiger partial charge on any atom is 0.315 e. The first-order valence-corrected chi connectivity index (χ1v) is 12.0. The number of aliphatic carboxylic acids is 1. The number of nitrogens with one attached hydrogen (secondary N) is 1. The molecule has 1 aliphatic carbocycles. The molecule has 3 N–H and O–H groups in total. The lowest BCUT2D eigenvalue weighted by Crippen LogP contribution is -2.26. The minimum Gasteiger partial charge on any atom is -0.507 e. The Morgan fingerprint density at radius 3 is 2.44 bits per heavy atom. The predicted octanol–water partition coefficient (Wildman–Crippen LogP) is 4.52. The number of carboxylic acids is 1. The van der Waals surface area contributed by atoms with Crippen molar-refractivity contribution in [2.45, 2.75) is 49.7 Å². The molecule has 1 aliphatic rings. The van der Waals surface area contributed by atoms with Gasteiger partial charge in [-0.2, -0.15) is 0 Å². The van der Waals surface area contributed by atoms with E-state index >= 15 is 0 Å². The number of anilines is 1. The lowest BCUT2D eigenvalue weighted by molar-refractivity contribution is -0.144. The normalized spacial score (nSPS) is 15.3. The molecule has 0 spiro atoms. The summed E-state index contributed by atoms with van der Waals surface area (Å²) in [5.41, 5.74) is 0.831. The molecule has 0 heterocycles. The van der Waals surface area contributed by atoms with Crippen LogP contribution < -0.4 is 10.1 Å². The van der Waals surface area contributed by atoms with Crippen LogP contribution in [0.1, 0.15) is 38.2 Å². The fraction of sp³-hybridized carbons (Fsp3) is 0.364. The zero-order valence-electron chi connectivity index (χ0n) is 17.6. The van der Waals surface area contributed by atoms with Crippen LogP contribution in [0.5, 0.6) is 17.2 Å². The van der Waals surface area contributed by atoms with Crippen molar-refractivity contribution in [3.63, 3.8) is 0 Å². The summed E-state index contributed by atoms with van der Waals surface area (Å²) >= 11 is 6.31. The molecule has 0 aliphatic heterocycles. The fourth-order valence-electron chi connectivity index (χ4n) is 3.58. The van der Waals surface area contributed by atoms with Crippen LogP contribution >= 0.6 is 11.6 Å². The van der Waals surface area contributed by atoms with Crippen molar-refractivity contribution in [1.82, 2.24) is 0 Å². The third kappa shape index (κ3) is 4.99. The smallest absolute Gasteiger partial charge is 0.315 e. The monoisotopic (exact) mass is 481 g/mol. The van der Waals surface area contributed by atoms with E-state index in [0.717, 1.165) is 12.8 Å². The Bertz CT molecular complexity index is 1130. The van der Waals surface area contributed by atoms with Gasteiger partial charge in [0.25, 0.3) is 0 Å². The van der Waals surface area contributed by atoms with E-state index in [2.05, 4.69) is 5.32 Å². The second-order valence-corrected chi connectivity index (χ2v) is 10.4. The van der Waals surface area contributed by atoms with Gasteiger partial charge in [0, 0.05) is 11.8 Å². The molecule has 0 radical (unpaired) electrons.